The van der Waals surface area contributed by atoms with E-state index in [0.717, 1.165) is 42.8 Å². The number of fused-ring (bicyclic) bond motifs is 1. The molecule has 0 saturated heterocycles. The maximum absolute atomic E-state index is 10.4. The van der Waals surface area contributed by atoms with Crippen LogP contribution in [0.25, 0.3) is 0 Å². The minimum atomic E-state index is -0.438. The van der Waals surface area contributed by atoms with E-state index in [-0.39, 0.29) is 6.04 Å². The topological polar surface area (TPSA) is 32.7 Å². The van der Waals surface area contributed by atoms with E-state index in [1.165, 1.54) is 0 Å². The van der Waals surface area contributed by atoms with Crippen LogP contribution in [0.3, 0.4) is 0 Å². The smallest absolute Gasteiger partial charge is 0.127 e. The first-order valence-electron chi connectivity index (χ1n) is 7.33. The van der Waals surface area contributed by atoms with Gasteiger partial charge in [-0.25, -0.2) is 0 Å². The third-order valence-corrected chi connectivity index (χ3v) is 3.74. The summed E-state index contributed by atoms with van der Waals surface area (Å²) in [5.74, 6) is 0.968. The van der Waals surface area contributed by atoms with Crippen LogP contribution in [0.15, 0.2) is 18.2 Å². The minimum Gasteiger partial charge on any atom is -0.490 e. The van der Waals surface area contributed by atoms with Gasteiger partial charge in [0.15, 0.2) is 0 Å². The first kappa shape index (κ1) is 14.4. The van der Waals surface area contributed by atoms with Crippen LogP contribution >= 0.6 is 0 Å². The molecule has 1 aliphatic rings. The number of benzene rings is 1. The molecule has 2 rings (SSSR count). The third-order valence-electron chi connectivity index (χ3n) is 3.74. The van der Waals surface area contributed by atoms with Gasteiger partial charge in [0.2, 0.25) is 0 Å². The van der Waals surface area contributed by atoms with E-state index in [2.05, 4.69) is 43.9 Å². The number of rotatable bonds is 5. The molecular weight excluding hydrogens is 238 g/mol. The number of ether oxygens (including phenoxy) is 1. The molecular formula is C16H25NO2. The van der Waals surface area contributed by atoms with Crippen molar-refractivity contribution in [2.24, 2.45) is 0 Å². The molecule has 0 spiro atoms. The Kier molecular flexibility index (Phi) is 4.83. The Morgan fingerprint density at radius 1 is 1.26 bits per heavy atom. The van der Waals surface area contributed by atoms with Crippen molar-refractivity contribution in [1.82, 2.24) is 4.90 Å². The van der Waals surface area contributed by atoms with Gasteiger partial charge in [0.25, 0.3) is 0 Å². The summed E-state index contributed by atoms with van der Waals surface area (Å²) in [6.45, 7) is 8.87. The SMILES string of the molecule is CCCN(CCC)C1c2cccc(C)c2OCC1O. The van der Waals surface area contributed by atoms with Gasteiger partial charge in [-0.3, -0.25) is 4.90 Å². The van der Waals surface area contributed by atoms with E-state index >= 15 is 0 Å². The predicted molar refractivity (Wildman–Crippen MR) is 77.6 cm³/mol. The van der Waals surface area contributed by atoms with Gasteiger partial charge in [-0.15, -0.1) is 0 Å². The zero-order valence-corrected chi connectivity index (χ0v) is 12.2. The zero-order chi connectivity index (χ0) is 13.8. The number of aliphatic hydroxyl groups excluding tert-OH is 1. The number of hydrogen-bond acceptors (Lipinski definition) is 3. The lowest BCUT2D eigenvalue weighted by atomic mass is 9.94. The van der Waals surface area contributed by atoms with Crippen molar-refractivity contribution in [2.75, 3.05) is 19.7 Å². The molecule has 1 heterocycles. The Balaban J connectivity index is 2.35. The van der Waals surface area contributed by atoms with Crippen molar-refractivity contribution in [2.45, 2.75) is 45.8 Å². The van der Waals surface area contributed by atoms with E-state index in [4.69, 9.17) is 4.74 Å². The molecule has 0 aromatic heterocycles. The molecule has 19 heavy (non-hydrogen) atoms. The number of para-hydroxylation sites is 1. The molecule has 1 N–H and O–H groups in total. The van der Waals surface area contributed by atoms with E-state index in [9.17, 15) is 5.11 Å². The lowest BCUT2D eigenvalue weighted by molar-refractivity contribution is -0.000481. The molecule has 0 saturated carbocycles. The summed E-state index contributed by atoms with van der Waals surface area (Å²) < 4.78 is 5.73. The molecule has 0 fully saturated rings. The molecule has 1 aliphatic heterocycles. The van der Waals surface area contributed by atoms with Gasteiger partial charge in [-0.2, -0.15) is 0 Å². The average molecular weight is 263 g/mol. The summed E-state index contributed by atoms with van der Waals surface area (Å²) in [6.07, 6.45) is 1.77. The molecule has 0 bridgehead atoms. The lowest BCUT2D eigenvalue weighted by Crippen LogP contribution is -2.43. The van der Waals surface area contributed by atoms with Gasteiger partial charge in [0.05, 0.1) is 6.04 Å². The molecule has 1 aromatic rings. The van der Waals surface area contributed by atoms with Crippen molar-refractivity contribution < 1.29 is 9.84 Å². The maximum Gasteiger partial charge on any atom is 0.127 e. The van der Waals surface area contributed by atoms with Gasteiger partial charge < -0.3 is 9.84 Å². The van der Waals surface area contributed by atoms with Crippen LogP contribution in [0.1, 0.15) is 43.9 Å². The van der Waals surface area contributed by atoms with Crippen LogP contribution in [0.2, 0.25) is 0 Å². The van der Waals surface area contributed by atoms with Gasteiger partial charge in [0, 0.05) is 5.56 Å². The summed E-state index contributed by atoms with van der Waals surface area (Å²) in [5.41, 5.74) is 2.29. The second-order valence-electron chi connectivity index (χ2n) is 5.35. The maximum atomic E-state index is 10.4. The van der Waals surface area contributed by atoms with Crippen LogP contribution in [0, 0.1) is 6.92 Å². The highest BCUT2D eigenvalue weighted by molar-refractivity contribution is 5.44. The van der Waals surface area contributed by atoms with E-state index in [1.54, 1.807) is 0 Å². The lowest BCUT2D eigenvalue weighted by Gasteiger charge is -2.39. The fourth-order valence-electron chi connectivity index (χ4n) is 2.98. The summed E-state index contributed by atoms with van der Waals surface area (Å²) in [5, 5.41) is 10.4. The Morgan fingerprint density at radius 2 is 1.95 bits per heavy atom. The summed E-state index contributed by atoms with van der Waals surface area (Å²) in [6, 6.07) is 6.28. The molecule has 0 aliphatic carbocycles. The molecule has 106 valence electrons. The molecule has 2 atom stereocenters. The van der Waals surface area contributed by atoms with Crippen LogP contribution in [-0.2, 0) is 0 Å². The number of nitrogens with zero attached hydrogens (tertiary/aromatic N) is 1. The Bertz CT molecular complexity index is 413. The monoisotopic (exact) mass is 263 g/mol. The second kappa shape index (κ2) is 6.40. The second-order valence-corrected chi connectivity index (χ2v) is 5.35. The summed E-state index contributed by atoms with van der Waals surface area (Å²) in [4.78, 5) is 2.39. The first-order chi connectivity index (χ1) is 9.19. The highest BCUT2D eigenvalue weighted by Crippen LogP contribution is 2.38. The van der Waals surface area contributed by atoms with Crippen molar-refractivity contribution >= 4 is 0 Å². The minimum absolute atomic E-state index is 0.0727. The van der Waals surface area contributed by atoms with Crippen LogP contribution in [0.4, 0.5) is 0 Å². The van der Waals surface area contributed by atoms with E-state index in [1.807, 2.05) is 0 Å². The fourth-order valence-corrected chi connectivity index (χ4v) is 2.98. The molecule has 2 unspecified atom stereocenters. The molecule has 0 amide bonds. The van der Waals surface area contributed by atoms with E-state index in [0.29, 0.717) is 6.61 Å². The largest absolute Gasteiger partial charge is 0.490 e. The highest BCUT2D eigenvalue weighted by atomic mass is 16.5. The summed E-state index contributed by atoms with van der Waals surface area (Å²) in [7, 11) is 0. The number of aryl methyl sites for hydroxylation is 1. The molecule has 0 radical (unpaired) electrons. The standard InChI is InChI=1S/C16H25NO2/c1-4-9-17(10-5-2)15-13-8-6-7-12(3)16(13)19-11-14(15)18/h6-8,14-15,18H,4-5,9-11H2,1-3H3. The van der Waals surface area contributed by atoms with Crippen LogP contribution in [0.5, 0.6) is 5.75 Å². The number of aliphatic hydroxyl groups is 1. The average Bonchev–Trinajstić information content (AvgIpc) is 2.39. The van der Waals surface area contributed by atoms with Crippen LogP contribution < -0.4 is 4.74 Å². The van der Waals surface area contributed by atoms with E-state index < -0.39 is 6.10 Å². The highest BCUT2D eigenvalue weighted by Gasteiger charge is 2.34. The molecule has 1 aromatic carbocycles. The van der Waals surface area contributed by atoms with Gasteiger partial charge in [0.1, 0.15) is 18.5 Å². The summed E-state index contributed by atoms with van der Waals surface area (Å²) >= 11 is 0. The van der Waals surface area contributed by atoms with Gasteiger partial charge in [-0.1, -0.05) is 32.0 Å². The van der Waals surface area contributed by atoms with Crippen molar-refractivity contribution in [3.8, 4) is 5.75 Å². The number of hydrogen-bond donors (Lipinski definition) is 1. The Morgan fingerprint density at radius 3 is 2.58 bits per heavy atom. The fraction of sp³-hybridized carbons (Fsp3) is 0.625. The Hall–Kier alpha value is -1.06. The quantitative estimate of drug-likeness (QED) is 0.886. The van der Waals surface area contributed by atoms with Crippen LogP contribution in [-0.4, -0.2) is 35.8 Å². The molecule has 3 heteroatoms. The third kappa shape index (κ3) is 2.93. The van der Waals surface area contributed by atoms with Crippen molar-refractivity contribution in [3.05, 3.63) is 29.3 Å². The van der Waals surface area contributed by atoms with Gasteiger partial charge in [-0.05, 0) is 38.4 Å². The van der Waals surface area contributed by atoms with Gasteiger partial charge >= 0.3 is 0 Å². The molecule has 3 nitrogen and oxygen atoms in total. The van der Waals surface area contributed by atoms with Crippen molar-refractivity contribution in [1.29, 1.82) is 0 Å². The first-order valence-corrected chi connectivity index (χ1v) is 7.33. The zero-order valence-electron chi connectivity index (χ0n) is 12.2. The Labute approximate surface area is 116 Å². The predicted octanol–water partition coefficient (Wildman–Crippen LogP) is 2.91. The van der Waals surface area contributed by atoms with Crippen molar-refractivity contribution in [3.63, 3.8) is 0 Å². The normalized spacial score (nSPS) is 22.2.